The van der Waals surface area contributed by atoms with Crippen LogP contribution in [0.4, 0.5) is 0 Å². The Kier molecular flexibility index (Phi) is 5.81. The molecule has 1 aromatic carbocycles. The molecule has 0 fully saturated rings. The fourth-order valence-corrected chi connectivity index (χ4v) is 2.18. The number of nitrogens with one attached hydrogen (secondary N) is 1. The Balaban J connectivity index is 2.73. The van der Waals surface area contributed by atoms with Gasteiger partial charge < -0.3 is 0 Å². The number of hydrogen-bond acceptors (Lipinski definition) is 3. The lowest BCUT2D eigenvalue weighted by atomic mass is 10.1. The number of hydrogen-bond donors (Lipinski definition) is 1. The maximum absolute atomic E-state index is 9.06. The van der Waals surface area contributed by atoms with E-state index in [1.54, 1.807) is 18.2 Å². The van der Waals surface area contributed by atoms with Crippen molar-refractivity contribution in [2.45, 2.75) is 6.04 Å². The number of rotatable bonds is 5. The van der Waals surface area contributed by atoms with Gasteiger partial charge in [-0.15, -0.1) is 0 Å². The van der Waals surface area contributed by atoms with Gasteiger partial charge in [-0.1, -0.05) is 38.7 Å². The highest BCUT2D eigenvalue weighted by molar-refractivity contribution is 9.10. The van der Waals surface area contributed by atoms with Crippen molar-refractivity contribution in [3.8, 4) is 6.07 Å². The third kappa shape index (κ3) is 4.25. The maximum atomic E-state index is 9.06. The molecule has 1 atom stereocenters. The zero-order chi connectivity index (χ0) is 12.7. The highest BCUT2D eigenvalue weighted by Gasteiger charge is 2.12. The van der Waals surface area contributed by atoms with Gasteiger partial charge >= 0.3 is 0 Å². The van der Waals surface area contributed by atoms with E-state index < -0.39 is 6.04 Å². The van der Waals surface area contributed by atoms with Crippen molar-refractivity contribution in [3.05, 3.63) is 43.7 Å². The van der Waals surface area contributed by atoms with Crippen molar-refractivity contribution in [3.63, 3.8) is 0 Å². The SMILES string of the molecule is N#CC(NCCN=[N+]=[N-])c1ccc(Cl)cc1Br. The third-order valence-electron chi connectivity index (χ3n) is 2.03. The largest absolute Gasteiger partial charge is 0.298 e. The summed E-state index contributed by atoms with van der Waals surface area (Å²) in [5.41, 5.74) is 8.93. The van der Waals surface area contributed by atoms with Crippen LogP contribution in [0.25, 0.3) is 10.4 Å². The molecular weight excluding hydrogens is 306 g/mol. The summed E-state index contributed by atoms with van der Waals surface area (Å²) >= 11 is 9.18. The lowest BCUT2D eigenvalue weighted by Crippen LogP contribution is -2.23. The van der Waals surface area contributed by atoms with Crippen LogP contribution in [-0.2, 0) is 0 Å². The molecule has 0 aliphatic rings. The lowest BCUT2D eigenvalue weighted by Gasteiger charge is -2.12. The minimum absolute atomic E-state index is 0.305. The first kappa shape index (κ1) is 13.8. The minimum Gasteiger partial charge on any atom is -0.298 e. The van der Waals surface area contributed by atoms with Crippen LogP contribution in [0.2, 0.25) is 5.02 Å². The fraction of sp³-hybridized carbons (Fsp3) is 0.300. The molecule has 0 aromatic heterocycles. The van der Waals surface area contributed by atoms with Crippen LogP contribution in [0.1, 0.15) is 11.6 Å². The average molecular weight is 315 g/mol. The summed E-state index contributed by atoms with van der Waals surface area (Å²) in [4.78, 5) is 2.64. The zero-order valence-corrected chi connectivity index (χ0v) is 11.1. The van der Waals surface area contributed by atoms with E-state index in [0.29, 0.717) is 18.1 Å². The zero-order valence-electron chi connectivity index (χ0n) is 8.77. The van der Waals surface area contributed by atoms with E-state index in [1.807, 2.05) is 0 Å². The second-order valence-electron chi connectivity index (χ2n) is 3.14. The van der Waals surface area contributed by atoms with E-state index in [4.69, 9.17) is 22.4 Å². The highest BCUT2D eigenvalue weighted by Crippen LogP contribution is 2.26. The van der Waals surface area contributed by atoms with E-state index >= 15 is 0 Å². The summed E-state index contributed by atoms with van der Waals surface area (Å²) in [6, 6.07) is 6.91. The number of halogens is 2. The first-order valence-corrected chi connectivity index (χ1v) is 5.95. The Bertz CT molecular complexity index is 478. The summed E-state index contributed by atoms with van der Waals surface area (Å²) in [6.45, 7) is 0.747. The topological polar surface area (TPSA) is 84.6 Å². The molecule has 1 aromatic rings. The predicted molar refractivity (Wildman–Crippen MR) is 69.5 cm³/mol. The first-order chi connectivity index (χ1) is 8.19. The van der Waals surface area contributed by atoms with Gasteiger partial charge in [0, 0.05) is 27.5 Å². The molecule has 0 radical (unpaired) electrons. The molecule has 5 nitrogen and oxygen atoms in total. The second-order valence-corrected chi connectivity index (χ2v) is 4.43. The Hall–Kier alpha value is -1.25. The van der Waals surface area contributed by atoms with E-state index in [9.17, 15) is 0 Å². The van der Waals surface area contributed by atoms with Crippen molar-refractivity contribution in [1.29, 1.82) is 5.26 Å². The van der Waals surface area contributed by atoms with Crippen LogP contribution in [0.15, 0.2) is 27.8 Å². The third-order valence-corrected chi connectivity index (χ3v) is 2.95. The highest BCUT2D eigenvalue weighted by atomic mass is 79.9. The molecule has 7 heteroatoms. The average Bonchev–Trinajstić information content (AvgIpc) is 2.31. The summed E-state index contributed by atoms with van der Waals surface area (Å²) in [5, 5.41) is 16.0. The van der Waals surface area contributed by atoms with Crippen molar-refractivity contribution < 1.29 is 0 Å². The molecule has 1 rings (SSSR count). The molecule has 0 aliphatic heterocycles. The Morgan fingerprint density at radius 1 is 1.65 bits per heavy atom. The summed E-state index contributed by atoms with van der Waals surface area (Å²) in [5.74, 6) is 0. The molecule has 0 aliphatic carbocycles. The van der Waals surface area contributed by atoms with Crippen molar-refractivity contribution >= 4 is 27.5 Å². The molecule has 0 amide bonds. The normalized spacial score (nSPS) is 11.4. The summed E-state index contributed by atoms with van der Waals surface area (Å²) in [7, 11) is 0. The van der Waals surface area contributed by atoms with Crippen LogP contribution in [0, 0.1) is 11.3 Å². The molecule has 0 bridgehead atoms. The second kappa shape index (κ2) is 7.15. The monoisotopic (exact) mass is 313 g/mol. The van der Waals surface area contributed by atoms with Gasteiger partial charge in [0.2, 0.25) is 0 Å². The predicted octanol–water partition coefficient (Wildman–Crippen LogP) is 3.57. The van der Waals surface area contributed by atoms with Gasteiger partial charge in [-0.25, -0.2) is 0 Å². The lowest BCUT2D eigenvalue weighted by molar-refractivity contribution is 0.633. The summed E-state index contributed by atoms with van der Waals surface area (Å²) < 4.78 is 0.771. The molecule has 1 N–H and O–H groups in total. The quantitative estimate of drug-likeness (QED) is 0.390. The Labute approximate surface area is 112 Å². The molecule has 0 saturated carbocycles. The van der Waals surface area contributed by atoms with Crippen molar-refractivity contribution in [2.75, 3.05) is 13.1 Å². The van der Waals surface area contributed by atoms with Crippen LogP contribution < -0.4 is 5.32 Å². The standard InChI is InChI=1S/C10H9BrClN5/c11-9-5-7(12)1-2-8(9)10(6-13)15-3-4-16-17-14/h1-2,5,10,15H,3-4H2. The molecule has 0 heterocycles. The van der Waals surface area contributed by atoms with Crippen LogP contribution >= 0.6 is 27.5 Å². The van der Waals surface area contributed by atoms with Crippen LogP contribution in [-0.4, -0.2) is 13.1 Å². The number of benzene rings is 1. The number of nitrogens with zero attached hydrogens (tertiary/aromatic N) is 4. The molecule has 17 heavy (non-hydrogen) atoms. The maximum Gasteiger partial charge on any atom is 0.122 e. The van der Waals surface area contributed by atoms with E-state index in [-0.39, 0.29) is 0 Å². The van der Waals surface area contributed by atoms with Gasteiger partial charge in [0.15, 0.2) is 0 Å². The van der Waals surface area contributed by atoms with Crippen LogP contribution in [0.3, 0.4) is 0 Å². The molecular formula is C10H9BrClN5. The molecule has 88 valence electrons. The molecule has 0 saturated heterocycles. The first-order valence-electron chi connectivity index (χ1n) is 4.78. The van der Waals surface area contributed by atoms with E-state index in [0.717, 1.165) is 10.0 Å². The Morgan fingerprint density at radius 2 is 2.41 bits per heavy atom. The Morgan fingerprint density at radius 3 is 3.00 bits per heavy atom. The van der Waals surface area contributed by atoms with Crippen LogP contribution in [0.5, 0.6) is 0 Å². The van der Waals surface area contributed by atoms with Gasteiger partial charge in [0.25, 0.3) is 0 Å². The molecule has 0 spiro atoms. The molecule has 1 unspecified atom stereocenters. The number of nitriles is 1. The van der Waals surface area contributed by atoms with Crippen molar-refractivity contribution in [2.24, 2.45) is 5.11 Å². The van der Waals surface area contributed by atoms with E-state index in [1.165, 1.54) is 0 Å². The van der Waals surface area contributed by atoms with E-state index in [2.05, 4.69) is 37.3 Å². The van der Waals surface area contributed by atoms with Gasteiger partial charge in [0.1, 0.15) is 6.04 Å². The fourth-order valence-electron chi connectivity index (χ4n) is 1.26. The van der Waals surface area contributed by atoms with Gasteiger partial charge in [-0.3, -0.25) is 5.32 Å². The number of azide groups is 1. The summed E-state index contributed by atoms with van der Waals surface area (Å²) in [6.07, 6.45) is 0. The van der Waals surface area contributed by atoms with Gasteiger partial charge in [-0.05, 0) is 23.2 Å². The van der Waals surface area contributed by atoms with Gasteiger partial charge in [-0.2, -0.15) is 5.26 Å². The van der Waals surface area contributed by atoms with Crippen molar-refractivity contribution in [1.82, 2.24) is 5.32 Å². The smallest absolute Gasteiger partial charge is 0.122 e. The van der Waals surface area contributed by atoms with Gasteiger partial charge in [0.05, 0.1) is 6.07 Å². The minimum atomic E-state index is -0.462.